The Bertz CT molecular complexity index is 310. The molecule has 1 saturated heterocycles. The molecule has 1 aromatic heterocycles. The van der Waals surface area contributed by atoms with Gasteiger partial charge in [0.2, 0.25) is 0 Å². The Morgan fingerprint density at radius 2 is 2.38 bits per heavy atom. The third-order valence-corrected chi connectivity index (χ3v) is 2.60. The van der Waals surface area contributed by atoms with Crippen molar-refractivity contribution in [2.45, 2.75) is 13.0 Å². The lowest BCUT2D eigenvalue weighted by Crippen LogP contribution is -2.51. The molecule has 0 radical (unpaired) electrons. The summed E-state index contributed by atoms with van der Waals surface area (Å²) in [6, 6.07) is 2.62. The molecule has 0 atom stereocenters. The number of nitrogens with one attached hydrogen (secondary N) is 2. The first-order valence-electron chi connectivity index (χ1n) is 4.35. The van der Waals surface area contributed by atoms with Crippen LogP contribution in [0.5, 0.6) is 0 Å². The number of aryl methyl sites for hydroxylation is 1. The zero-order valence-corrected chi connectivity index (χ0v) is 9.06. The van der Waals surface area contributed by atoms with Gasteiger partial charge in [-0.2, -0.15) is 0 Å². The average molecular weight is 242 g/mol. The molecule has 0 bridgehead atoms. The van der Waals surface area contributed by atoms with E-state index >= 15 is 0 Å². The van der Waals surface area contributed by atoms with E-state index in [0.29, 0.717) is 6.04 Å². The van der Waals surface area contributed by atoms with Crippen molar-refractivity contribution in [2.24, 2.45) is 0 Å². The maximum atomic E-state index is 4.31. The molecule has 2 heterocycles. The molecule has 0 amide bonds. The van der Waals surface area contributed by atoms with Gasteiger partial charge in [0, 0.05) is 23.8 Å². The quantitative estimate of drug-likeness (QED) is 0.825. The van der Waals surface area contributed by atoms with Gasteiger partial charge >= 0.3 is 0 Å². The molecule has 0 spiro atoms. The molecule has 0 aromatic carbocycles. The first-order chi connectivity index (χ1) is 6.25. The number of halogens is 1. The minimum absolute atomic E-state index is 0.548. The topological polar surface area (TPSA) is 37.0 Å². The van der Waals surface area contributed by atoms with Gasteiger partial charge in [0.1, 0.15) is 5.82 Å². The van der Waals surface area contributed by atoms with E-state index < -0.39 is 0 Å². The van der Waals surface area contributed by atoms with Crippen LogP contribution in [0.25, 0.3) is 0 Å². The van der Waals surface area contributed by atoms with Gasteiger partial charge in [-0.25, -0.2) is 4.98 Å². The van der Waals surface area contributed by atoms with Crippen molar-refractivity contribution < 1.29 is 0 Å². The second kappa shape index (κ2) is 3.64. The van der Waals surface area contributed by atoms with Crippen LogP contribution in [0.2, 0.25) is 0 Å². The Hall–Kier alpha value is -0.610. The zero-order valence-electron chi connectivity index (χ0n) is 7.47. The van der Waals surface area contributed by atoms with E-state index in [2.05, 4.69) is 44.5 Å². The lowest BCUT2D eigenvalue weighted by atomic mass is 10.1. The van der Waals surface area contributed by atoms with Crippen molar-refractivity contribution >= 4 is 21.7 Å². The first-order valence-corrected chi connectivity index (χ1v) is 5.14. The van der Waals surface area contributed by atoms with Crippen LogP contribution in [0.15, 0.2) is 16.7 Å². The number of nitrogens with zero attached hydrogens (tertiary/aromatic N) is 1. The fourth-order valence-electron chi connectivity index (χ4n) is 1.28. The number of pyridine rings is 1. The van der Waals surface area contributed by atoms with Crippen molar-refractivity contribution in [2.75, 3.05) is 18.4 Å². The molecule has 0 unspecified atom stereocenters. The summed E-state index contributed by atoms with van der Waals surface area (Å²) in [5.74, 6) is 0.995. The molecular formula is C9H12BrN3. The van der Waals surface area contributed by atoms with E-state index in [0.717, 1.165) is 23.4 Å². The molecule has 1 aromatic rings. The van der Waals surface area contributed by atoms with Gasteiger partial charge in [0.05, 0.1) is 6.04 Å². The Morgan fingerprint density at radius 3 is 2.92 bits per heavy atom. The molecule has 70 valence electrons. The molecule has 3 nitrogen and oxygen atoms in total. The second-order valence-corrected chi connectivity index (χ2v) is 4.23. The average Bonchev–Trinajstić information content (AvgIpc) is 1.99. The standard InChI is InChI=1S/C9H12BrN3/c1-6-2-7(10)3-12-9(6)13-8-4-11-5-8/h2-3,8,11H,4-5H2,1H3,(H,12,13). The van der Waals surface area contributed by atoms with Gasteiger partial charge in [-0.15, -0.1) is 0 Å². The molecule has 2 N–H and O–H groups in total. The third-order valence-electron chi connectivity index (χ3n) is 2.17. The summed E-state index contributed by atoms with van der Waals surface area (Å²) in [4.78, 5) is 4.31. The van der Waals surface area contributed by atoms with Crippen LogP contribution in [0.1, 0.15) is 5.56 Å². The van der Waals surface area contributed by atoms with Crippen LogP contribution in [0.3, 0.4) is 0 Å². The largest absolute Gasteiger partial charge is 0.365 e. The summed E-state index contributed by atoms with van der Waals surface area (Å²) < 4.78 is 1.03. The normalized spacial score (nSPS) is 16.8. The van der Waals surface area contributed by atoms with Crippen molar-refractivity contribution in [1.82, 2.24) is 10.3 Å². The predicted molar refractivity (Wildman–Crippen MR) is 57.0 cm³/mol. The predicted octanol–water partition coefficient (Wildman–Crippen LogP) is 1.54. The summed E-state index contributed by atoms with van der Waals surface area (Å²) in [6.45, 7) is 4.14. The van der Waals surface area contributed by atoms with Gasteiger partial charge < -0.3 is 10.6 Å². The molecule has 1 aliphatic rings. The maximum absolute atomic E-state index is 4.31. The van der Waals surface area contributed by atoms with Gasteiger partial charge in [-0.3, -0.25) is 0 Å². The Labute approximate surface area is 86.1 Å². The van der Waals surface area contributed by atoms with Gasteiger partial charge in [-0.1, -0.05) is 0 Å². The van der Waals surface area contributed by atoms with Crippen LogP contribution < -0.4 is 10.6 Å². The van der Waals surface area contributed by atoms with Gasteiger partial charge in [-0.05, 0) is 34.5 Å². The number of aromatic nitrogens is 1. The Morgan fingerprint density at radius 1 is 1.62 bits per heavy atom. The lowest BCUT2D eigenvalue weighted by Gasteiger charge is -2.29. The summed E-state index contributed by atoms with van der Waals surface area (Å²) in [7, 11) is 0. The first kappa shape index (κ1) is 8.97. The maximum Gasteiger partial charge on any atom is 0.129 e. The van der Waals surface area contributed by atoms with Gasteiger partial charge in [0.15, 0.2) is 0 Å². The number of anilines is 1. The van der Waals surface area contributed by atoms with E-state index in [4.69, 9.17) is 0 Å². The van der Waals surface area contributed by atoms with E-state index in [1.807, 2.05) is 6.20 Å². The van der Waals surface area contributed by atoms with Crippen LogP contribution >= 0.6 is 15.9 Å². The molecule has 1 aliphatic heterocycles. The molecule has 13 heavy (non-hydrogen) atoms. The van der Waals surface area contributed by atoms with E-state index in [-0.39, 0.29) is 0 Å². The van der Waals surface area contributed by atoms with Crippen LogP contribution in [0, 0.1) is 6.92 Å². The minimum Gasteiger partial charge on any atom is -0.365 e. The van der Waals surface area contributed by atoms with Crippen LogP contribution in [0.4, 0.5) is 5.82 Å². The molecule has 1 fully saturated rings. The van der Waals surface area contributed by atoms with Crippen molar-refractivity contribution in [3.8, 4) is 0 Å². The van der Waals surface area contributed by atoms with E-state index in [9.17, 15) is 0 Å². The molecule has 4 heteroatoms. The summed E-state index contributed by atoms with van der Waals surface area (Å²) >= 11 is 3.39. The summed E-state index contributed by atoms with van der Waals surface area (Å²) in [5, 5.41) is 6.59. The highest BCUT2D eigenvalue weighted by molar-refractivity contribution is 9.10. The molecule has 2 rings (SSSR count). The smallest absolute Gasteiger partial charge is 0.129 e. The van der Waals surface area contributed by atoms with Crippen LogP contribution in [-0.4, -0.2) is 24.1 Å². The summed E-state index contributed by atoms with van der Waals surface area (Å²) in [6.07, 6.45) is 1.82. The number of hydrogen-bond acceptors (Lipinski definition) is 3. The lowest BCUT2D eigenvalue weighted by molar-refractivity contribution is 0.471. The fraction of sp³-hybridized carbons (Fsp3) is 0.444. The summed E-state index contributed by atoms with van der Waals surface area (Å²) in [5.41, 5.74) is 1.18. The Kier molecular flexibility index (Phi) is 2.51. The van der Waals surface area contributed by atoms with Crippen molar-refractivity contribution in [1.29, 1.82) is 0 Å². The monoisotopic (exact) mass is 241 g/mol. The highest BCUT2D eigenvalue weighted by Crippen LogP contribution is 2.17. The fourth-order valence-corrected chi connectivity index (χ4v) is 1.72. The third kappa shape index (κ3) is 2.00. The molecule has 0 saturated carbocycles. The van der Waals surface area contributed by atoms with E-state index in [1.54, 1.807) is 0 Å². The molecule has 0 aliphatic carbocycles. The van der Waals surface area contributed by atoms with Crippen molar-refractivity contribution in [3.05, 3.63) is 22.3 Å². The highest BCUT2D eigenvalue weighted by atomic mass is 79.9. The minimum atomic E-state index is 0.548. The second-order valence-electron chi connectivity index (χ2n) is 3.32. The number of hydrogen-bond donors (Lipinski definition) is 2. The number of rotatable bonds is 2. The Balaban J connectivity index is 2.10. The SMILES string of the molecule is Cc1cc(Br)cnc1NC1CNC1. The van der Waals surface area contributed by atoms with Gasteiger partial charge in [0.25, 0.3) is 0 Å². The van der Waals surface area contributed by atoms with Crippen LogP contribution in [-0.2, 0) is 0 Å². The van der Waals surface area contributed by atoms with E-state index in [1.165, 1.54) is 5.56 Å². The van der Waals surface area contributed by atoms with Crippen molar-refractivity contribution in [3.63, 3.8) is 0 Å². The zero-order chi connectivity index (χ0) is 9.26. The molecular weight excluding hydrogens is 230 g/mol. The highest BCUT2D eigenvalue weighted by Gasteiger charge is 2.17.